The zero-order valence-electron chi connectivity index (χ0n) is 35.9. The van der Waals surface area contributed by atoms with Crippen molar-refractivity contribution in [3.8, 4) is 0 Å². The van der Waals surface area contributed by atoms with E-state index >= 15 is 0 Å². The van der Waals surface area contributed by atoms with Gasteiger partial charge in [0, 0.05) is 0 Å². The van der Waals surface area contributed by atoms with Crippen LogP contribution in [-0.2, 0) is 32.5 Å². The molecule has 0 bridgehead atoms. The maximum Gasteiger partial charge on any atom is 0.179 e. The molecule has 50 heavy (non-hydrogen) atoms. The highest BCUT2D eigenvalue weighted by atomic mass is 28.3. The Bertz CT molecular complexity index is 1520. The van der Waals surface area contributed by atoms with Crippen molar-refractivity contribution in [2.24, 2.45) is 5.92 Å². The molecule has 1 aliphatic rings. The van der Waals surface area contributed by atoms with E-state index in [1.165, 1.54) is 54.5 Å². The van der Waals surface area contributed by atoms with E-state index in [0.29, 0.717) is 5.92 Å². The van der Waals surface area contributed by atoms with Gasteiger partial charge < -0.3 is 0 Å². The highest BCUT2D eigenvalue weighted by molar-refractivity contribution is 7.16. The van der Waals surface area contributed by atoms with Gasteiger partial charge in [0.2, 0.25) is 0 Å². The summed E-state index contributed by atoms with van der Waals surface area (Å²) in [4.78, 5) is 0. The van der Waals surface area contributed by atoms with Gasteiger partial charge in [-0.15, -0.1) is 0 Å². The molecule has 0 saturated carbocycles. The lowest BCUT2D eigenvalue weighted by atomic mass is 9.80. The van der Waals surface area contributed by atoms with Gasteiger partial charge in [-0.25, -0.2) is 0 Å². The predicted molar refractivity (Wildman–Crippen MR) is 227 cm³/mol. The number of hydrogen-bond donors (Lipinski definition) is 0. The summed E-state index contributed by atoms with van der Waals surface area (Å²) in [5.74, 6) is 0.394. The molecule has 3 aromatic rings. The molecule has 1 heteroatoms. The fourth-order valence-electron chi connectivity index (χ4n) is 7.44. The molecule has 0 aromatic heterocycles. The second kappa shape index (κ2) is 12.8. The molecule has 4 rings (SSSR count). The SMILES string of the molecule is CC1=CC(C)C=C1[Si](c1cc(C(C)(C)C)cc(C(C)(C)C)c1)(c1cc(C(C)(C)C)cc(C(C)(C)C)c1)c1cc(C(C)(C)C)cc(C(C)(C)C)c1. The minimum Gasteiger partial charge on any atom is -0.0773 e. The van der Waals surface area contributed by atoms with E-state index in [2.05, 4.69) is 205 Å². The van der Waals surface area contributed by atoms with Gasteiger partial charge in [-0.1, -0.05) is 204 Å². The smallest absolute Gasteiger partial charge is 0.0773 e. The summed E-state index contributed by atoms with van der Waals surface area (Å²) in [5, 5.41) is 6.10. The van der Waals surface area contributed by atoms with Crippen LogP contribution < -0.4 is 15.6 Å². The van der Waals surface area contributed by atoms with Crippen molar-refractivity contribution in [1.29, 1.82) is 0 Å². The fraction of sp³-hybridized carbons (Fsp3) is 0.551. The molecule has 272 valence electrons. The zero-order valence-corrected chi connectivity index (χ0v) is 36.9. The number of hydrogen-bond acceptors (Lipinski definition) is 0. The fourth-order valence-corrected chi connectivity index (χ4v) is 12.8. The van der Waals surface area contributed by atoms with Crippen LogP contribution in [-0.4, -0.2) is 8.07 Å². The Labute approximate surface area is 310 Å². The first-order valence-electron chi connectivity index (χ1n) is 19.3. The van der Waals surface area contributed by atoms with Crippen LogP contribution in [0.25, 0.3) is 0 Å². The summed E-state index contributed by atoms with van der Waals surface area (Å²) in [7, 11) is -2.96. The van der Waals surface area contributed by atoms with E-state index in [4.69, 9.17) is 0 Å². The van der Waals surface area contributed by atoms with E-state index in [0.717, 1.165) is 0 Å². The molecule has 0 fully saturated rings. The van der Waals surface area contributed by atoms with Crippen LogP contribution in [0.4, 0.5) is 0 Å². The third-order valence-electron chi connectivity index (χ3n) is 11.1. The zero-order chi connectivity index (χ0) is 38.2. The van der Waals surface area contributed by atoms with Gasteiger partial charge in [0.15, 0.2) is 8.07 Å². The molecule has 1 atom stereocenters. The van der Waals surface area contributed by atoms with Gasteiger partial charge in [0.05, 0.1) is 0 Å². The number of allylic oxidation sites excluding steroid dienone is 4. The molecular weight excluding hydrogens is 617 g/mol. The molecule has 0 N–H and O–H groups in total. The minimum atomic E-state index is -2.96. The molecule has 0 saturated heterocycles. The summed E-state index contributed by atoms with van der Waals surface area (Å²) >= 11 is 0. The first-order chi connectivity index (χ1) is 22.4. The van der Waals surface area contributed by atoms with Crippen LogP contribution in [0.3, 0.4) is 0 Å². The lowest BCUT2D eigenvalue weighted by Crippen LogP contribution is -2.69. The average molecular weight is 689 g/mol. The maximum atomic E-state index is 2.64. The third-order valence-corrected chi connectivity index (χ3v) is 15.9. The van der Waals surface area contributed by atoms with E-state index in [9.17, 15) is 0 Å². The Hall–Kier alpha value is -2.64. The van der Waals surface area contributed by atoms with Crippen LogP contribution in [0.2, 0.25) is 0 Å². The Morgan fingerprint density at radius 2 is 0.580 bits per heavy atom. The van der Waals surface area contributed by atoms with Crippen molar-refractivity contribution in [2.75, 3.05) is 0 Å². The van der Waals surface area contributed by atoms with Crippen molar-refractivity contribution < 1.29 is 0 Å². The standard InChI is InChI=1S/C49H72Si/c1-32-21-33(2)43(22-32)50(40-26-34(44(3,4)5)23-35(27-40)45(6,7)8,41-28-36(46(9,10)11)24-37(29-41)47(12,13)14)42-30-38(48(15,16)17)25-39(31-42)49(18,19)20/h21-32H,1-20H3. The highest BCUT2D eigenvalue weighted by Gasteiger charge is 2.47. The van der Waals surface area contributed by atoms with Crippen molar-refractivity contribution in [2.45, 2.75) is 171 Å². The second-order valence-corrected chi connectivity index (χ2v) is 25.7. The normalized spacial score (nSPS) is 16.8. The lowest BCUT2D eigenvalue weighted by molar-refractivity contribution is 0.569. The quantitative estimate of drug-likeness (QED) is 0.189. The highest BCUT2D eigenvalue weighted by Crippen LogP contribution is 2.38. The van der Waals surface area contributed by atoms with Crippen molar-refractivity contribution in [3.05, 3.63) is 111 Å². The van der Waals surface area contributed by atoms with Gasteiger partial charge in [-0.05, 0) is 99.5 Å². The third kappa shape index (κ3) is 8.04. The maximum absolute atomic E-state index is 2.96. The van der Waals surface area contributed by atoms with E-state index in [1.54, 1.807) is 5.20 Å². The minimum absolute atomic E-state index is 0.00599. The van der Waals surface area contributed by atoms with Crippen LogP contribution in [0.1, 0.15) is 172 Å². The molecule has 1 aliphatic carbocycles. The molecule has 0 radical (unpaired) electrons. The average Bonchev–Trinajstić information content (AvgIpc) is 3.27. The number of benzene rings is 3. The predicted octanol–water partition coefficient (Wildman–Crippen LogP) is 12.0. The van der Waals surface area contributed by atoms with Crippen LogP contribution in [0, 0.1) is 5.92 Å². The van der Waals surface area contributed by atoms with E-state index in [-0.39, 0.29) is 32.5 Å². The molecule has 1 unspecified atom stereocenters. The van der Waals surface area contributed by atoms with Crippen LogP contribution in [0.15, 0.2) is 77.5 Å². The summed E-state index contributed by atoms with van der Waals surface area (Å²) in [6.45, 7) is 47.8. The first-order valence-corrected chi connectivity index (χ1v) is 21.3. The Balaban J connectivity index is 2.47. The van der Waals surface area contributed by atoms with Gasteiger partial charge in [0.1, 0.15) is 0 Å². The van der Waals surface area contributed by atoms with Gasteiger partial charge in [0.25, 0.3) is 0 Å². The summed E-state index contributed by atoms with van der Waals surface area (Å²) in [6, 6.07) is 23.4. The Morgan fingerprint density at radius 1 is 0.360 bits per heavy atom. The van der Waals surface area contributed by atoms with Gasteiger partial charge >= 0.3 is 0 Å². The second-order valence-electron chi connectivity index (χ2n) is 21.9. The topological polar surface area (TPSA) is 0 Å². The monoisotopic (exact) mass is 689 g/mol. The van der Waals surface area contributed by atoms with E-state index < -0.39 is 8.07 Å². The molecule has 0 nitrogen and oxygen atoms in total. The summed E-state index contributed by atoms with van der Waals surface area (Å²) in [5.41, 5.74) is 10.0. The van der Waals surface area contributed by atoms with Crippen LogP contribution in [0.5, 0.6) is 0 Å². The molecule has 0 heterocycles. The molecular formula is C49H72Si. The molecule has 0 amide bonds. The Morgan fingerprint density at radius 3 is 0.740 bits per heavy atom. The van der Waals surface area contributed by atoms with Crippen molar-refractivity contribution in [1.82, 2.24) is 0 Å². The molecule has 0 aliphatic heterocycles. The van der Waals surface area contributed by atoms with Crippen LogP contribution >= 0.6 is 0 Å². The summed E-state index contributed by atoms with van der Waals surface area (Å²) in [6.07, 6.45) is 5.16. The Kier molecular flexibility index (Phi) is 10.3. The molecule has 3 aromatic carbocycles. The van der Waals surface area contributed by atoms with Gasteiger partial charge in [-0.2, -0.15) is 0 Å². The molecule has 0 spiro atoms. The lowest BCUT2D eigenvalue weighted by Gasteiger charge is -2.41. The van der Waals surface area contributed by atoms with Crippen molar-refractivity contribution in [3.63, 3.8) is 0 Å². The number of rotatable bonds is 4. The van der Waals surface area contributed by atoms with Crippen molar-refractivity contribution >= 4 is 23.6 Å². The van der Waals surface area contributed by atoms with E-state index in [1.807, 2.05) is 0 Å². The summed E-state index contributed by atoms with van der Waals surface area (Å²) < 4.78 is 0. The largest absolute Gasteiger partial charge is 0.179 e. The van der Waals surface area contributed by atoms with Gasteiger partial charge in [-0.3, -0.25) is 0 Å². The first kappa shape index (κ1) is 40.1.